The maximum absolute atomic E-state index is 12.0. The molecular weight excluding hydrogens is 387 g/mol. The van der Waals surface area contributed by atoms with Crippen LogP contribution in [0.2, 0.25) is 0 Å². The van der Waals surface area contributed by atoms with E-state index in [9.17, 15) is 14.7 Å². The third-order valence-corrected chi connectivity index (χ3v) is 3.68. The summed E-state index contributed by atoms with van der Waals surface area (Å²) in [5.41, 5.74) is 5.06. The molecule has 21 heavy (non-hydrogen) atoms. The van der Waals surface area contributed by atoms with Gasteiger partial charge in [-0.15, -0.1) is 0 Å². The summed E-state index contributed by atoms with van der Waals surface area (Å²) in [6, 6.07) is 4.99. The zero-order valence-corrected chi connectivity index (χ0v) is 13.5. The van der Waals surface area contributed by atoms with E-state index in [0.717, 1.165) is 12.7 Å². The molecule has 2 aromatic rings. The zero-order chi connectivity index (χ0) is 15.7. The second-order valence-corrected chi connectivity index (χ2v) is 5.65. The fraction of sp³-hybridized carbons (Fsp3) is 0.154. The molecule has 0 amide bonds. The Morgan fingerprint density at radius 1 is 1.29 bits per heavy atom. The Bertz CT molecular complexity index is 852. The van der Waals surface area contributed by atoms with Crippen LogP contribution in [0.5, 0.6) is 5.75 Å². The molecule has 0 spiro atoms. The minimum atomic E-state index is -0.586. The number of halogens is 1. The first-order chi connectivity index (χ1) is 9.82. The number of hydrogen-bond donors (Lipinski definition) is 2. The van der Waals surface area contributed by atoms with Gasteiger partial charge in [0, 0.05) is 29.4 Å². The Kier molecular flexibility index (Phi) is 4.16. The van der Waals surface area contributed by atoms with Crippen LogP contribution in [0, 0.1) is 3.57 Å². The predicted molar refractivity (Wildman–Crippen MR) is 89.4 cm³/mol. The molecule has 7 nitrogen and oxygen atoms in total. The minimum Gasteiger partial charge on any atom is -0.507 e. The zero-order valence-electron chi connectivity index (χ0n) is 11.4. The van der Waals surface area contributed by atoms with Crippen molar-refractivity contribution >= 4 is 40.3 Å². The van der Waals surface area contributed by atoms with Gasteiger partial charge < -0.3 is 10.8 Å². The Labute approximate surface area is 133 Å². The number of benzene rings is 1. The van der Waals surface area contributed by atoms with Crippen molar-refractivity contribution in [1.29, 1.82) is 0 Å². The first-order valence-corrected chi connectivity index (χ1v) is 6.99. The molecule has 0 bridgehead atoms. The Hall–Kier alpha value is -2.10. The molecule has 0 aliphatic rings. The van der Waals surface area contributed by atoms with Gasteiger partial charge in [0.15, 0.2) is 5.69 Å². The largest absolute Gasteiger partial charge is 0.507 e. The summed E-state index contributed by atoms with van der Waals surface area (Å²) in [5, 5.41) is 9.74. The van der Waals surface area contributed by atoms with Crippen LogP contribution in [0.15, 0.2) is 32.8 Å². The van der Waals surface area contributed by atoms with E-state index < -0.39 is 11.2 Å². The standard InChI is InChI=1S/C13H13IN4O3/c1-17-11(15)10(12(20)18(2)13(17)21)16-6-7-5-8(14)3-4-9(7)19/h3-6,19H,15H2,1-2H3. The molecule has 8 heteroatoms. The SMILES string of the molecule is Cn1c(N)c(N=Cc2cc(I)ccc2O)c(=O)n(C)c1=O. The predicted octanol–water partition coefficient (Wildman–Crippen LogP) is 0.727. The number of nitrogens with two attached hydrogens (primary N) is 1. The highest BCUT2D eigenvalue weighted by molar-refractivity contribution is 14.1. The van der Waals surface area contributed by atoms with Crippen molar-refractivity contribution in [2.45, 2.75) is 0 Å². The molecule has 1 aromatic carbocycles. The molecule has 3 N–H and O–H groups in total. The van der Waals surface area contributed by atoms with Crippen LogP contribution in [0.1, 0.15) is 5.56 Å². The number of nitrogens with zero attached hydrogens (tertiary/aromatic N) is 3. The normalized spacial score (nSPS) is 11.2. The molecule has 0 atom stereocenters. The van der Waals surface area contributed by atoms with Crippen LogP contribution in [-0.2, 0) is 14.1 Å². The quantitative estimate of drug-likeness (QED) is 0.573. The maximum atomic E-state index is 12.0. The first-order valence-electron chi connectivity index (χ1n) is 5.91. The average Bonchev–Trinajstić information content (AvgIpc) is 2.46. The molecule has 0 saturated heterocycles. The van der Waals surface area contributed by atoms with Gasteiger partial charge in [-0.3, -0.25) is 13.9 Å². The number of aromatic nitrogens is 2. The van der Waals surface area contributed by atoms with Crippen molar-refractivity contribution in [3.8, 4) is 5.75 Å². The maximum Gasteiger partial charge on any atom is 0.332 e. The number of anilines is 1. The molecule has 2 rings (SSSR count). The van der Waals surface area contributed by atoms with Gasteiger partial charge >= 0.3 is 5.69 Å². The third kappa shape index (κ3) is 2.84. The molecule has 1 heterocycles. The van der Waals surface area contributed by atoms with E-state index in [1.165, 1.54) is 26.4 Å². The fourth-order valence-electron chi connectivity index (χ4n) is 1.73. The first kappa shape index (κ1) is 15.3. The van der Waals surface area contributed by atoms with Gasteiger partial charge in [0.1, 0.15) is 11.6 Å². The molecule has 0 saturated carbocycles. The molecule has 1 aromatic heterocycles. The van der Waals surface area contributed by atoms with E-state index in [0.29, 0.717) is 5.56 Å². The van der Waals surface area contributed by atoms with Crippen molar-refractivity contribution in [2.75, 3.05) is 5.73 Å². The summed E-state index contributed by atoms with van der Waals surface area (Å²) in [7, 11) is 2.81. The summed E-state index contributed by atoms with van der Waals surface area (Å²) in [6.45, 7) is 0. The molecular formula is C13H13IN4O3. The van der Waals surface area contributed by atoms with Gasteiger partial charge in [-0.1, -0.05) is 0 Å². The van der Waals surface area contributed by atoms with E-state index in [-0.39, 0.29) is 17.3 Å². The summed E-state index contributed by atoms with van der Waals surface area (Å²) in [6.07, 6.45) is 1.34. The van der Waals surface area contributed by atoms with Gasteiger partial charge in [0.05, 0.1) is 0 Å². The van der Waals surface area contributed by atoms with Gasteiger partial charge in [-0.05, 0) is 40.8 Å². The lowest BCUT2D eigenvalue weighted by Crippen LogP contribution is -2.37. The fourth-order valence-corrected chi connectivity index (χ4v) is 2.24. The number of hydrogen-bond acceptors (Lipinski definition) is 5. The van der Waals surface area contributed by atoms with Gasteiger partial charge in [0.2, 0.25) is 0 Å². The molecule has 0 unspecified atom stereocenters. The lowest BCUT2D eigenvalue weighted by Gasteiger charge is -2.08. The van der Waals surface area contributed by atoms with Crippen LogP contribution < -0.4 is 17.0 Å². The van der Waals surface area contributed by atoms with Crippen LogP contribution >= 0.6 is 22.6 Å². The summed E-state index contributed by atoms with van der Waals surface area (Å²) in [5.74, 6) is 0.0175. The van der Waals surface area contributed by atoms with Crippen molar-refractivity contribution in [3.05, 3.63) is 48.2 Å². The molecule has 0 radical (unpaired) electrons. The average molecular weight is 400 g/mol. The van der Waals surface area contributed by atoms with Crippen molar-refractivity contribution in [2.24, 2.45) is 19.1 Å². The van der Waals surface area contributed by atoms with Crippen LogP contribution in [0.3, 0.4) is 0 Å². The van der Waals surface area contributed by atoms with Gasteiger partial charge in [-0.25, -0.2) is 9.79 Å². The summed E-state index contributed by atoms with van der Waals surface area (Å²) >= 11 is 2.10. The molecule has 110 valence electrons. The number of rotatable bonds is 2. The summed E-state index contributed by atoms with van der Waals surface area (Å²) < 4.78 is 2.98. The highest BCUT2D eigenvalue weighted by Crippen LogP contribution is 2.19. The number of aliphatic imine (C=N–C) groups is 1. The lowest BCUT2D eigenvalue weighted by molar-refractivity contribution is 0.474. The topological polar surface area (TPSA) is 103 Å². The van der Waals surface area contributed by atoms with Crippen LogP contribution in [0.25, 0.3) is 0 Å². The number of phenolic OH excluding ortho intramolecular Hbond substituents is 1. The monoisotopic (exact) mass is 400 g/mol. The number of aromatic hydroxyl groups is 1. The Morgan fingerprint density at radius 2 is 1.95 bits per heavy atom. The highest BCUT2D eigenvalue weighted by atomic mass is 127. The van der Waals surface area contributed by atoms with E-state index >= 15 is 0 Å². The van der Waals surface area contributed by atoms with Gasteiger partial charge in [0.25, 0.3) is 5.56 Å². The van der Waals surface area contributed by atoms with Gasteiger partial charge in [-0.2, -0.15) is 0 Å². The lowest BCUT2D eigenvalue weighted by atomic mass is 10.2. The van der Waals surface area contributed by atoms with Crippen molar-refractivity contribution in [1.82, 2.24) is 9.13 Å². The second kappa shape index (κ2) is 5.72. The third-order valence-electron chi connectivity index (χ3n) is 3.01. The van der Waals surface area contributed by atoms with E-state index in [4.69, 9.17) is 5.73 Å². The van der Waals surface area contributed by atoms with E-state index in [1.807, 2.05) is 0 Å². The highest BCUT2D eigenvalue weighted by Gasteiger charge is 2.12. The number of phenols is 1. The van der Waals surface area contributed by atoms with Crippen LogP contribution in [-0.4, -0.2) is 20.5 Å². The second-order valence-electron chi connectivity index (χ2n) is 4.40. The van der Waals surface area contributed by atoms with E-state index in [2.05, 4.69) is 27.6 Å². The summed E-state index contributed by atoms with van der Waals surface area (Å²) in [4.78, 5) is 27.8. The van der Waals surface area contributed by atoms with Crippen molar-refractivity contribution in [3.63, 3.8) is 0 Å². The van der Waals surface area contributed by atoms with Crippen molar-refractivity contribution < 1.29 is 5.11 Å². The molecule has 0 aliphatic heterocycles. The Balaban J connectivity index is 2.59. The molecule has 0 aliphatic carbocycles. The smallest absolute Gasteiger partial charge is 0.332 e. The van der Waals surface area contributed by atoms with Crippen LogP contribution in [0.4, 0.5) is 11.5 Å². The Morgan fingerprint density at radius 3 is 2.62 bits per heavy atom. The molecule has 0 fully saturated rings. The number of nitrogen functional groups attached to an aromatic ring is 1. The van der Waals surface area contributed by atoms with E-state index in [1.54, 1.807) is 12.1 Å². The minimum absolute atomic E-state index is 0.0236.